The quantitative estimate of drug-likeness (QED) is 0.834. The van der Waals surface area contributed by atoms with Gasteiger partial charge in [-0.25, -0.2) is 14.8 Å². The number of hydrogen-bond acceptors (Lipinski definition) is 4. The van der Waals surface area contributed by atoms with Gasteiger partial charge in [0.1, 0.15) is 5.82 Å². The number of carboxylic acids is 1. The molecule has 0 aliphatic heterocycles. The van der Waals surface area contributed by atoms with Crippen LogP contribution in [0.4, 0.5) is 0 Å². The van der Waals surface area contributed by atoms with E-state index >= 15 is 0 Å². The predicted molar refractivity (Wildman–Crippen MR) is 84.1 cm³/mol. The second-order valence-electron chi connectivity index (χ2n) is 4.78. The number of thioether (sulfide) groups is 1. The SMILES string of the molecule is CC(C)c1ncc(SCc2ccccc2Cl)c(C(=O)O)n1. The van der Waals surface area contributed by atoms with Crippen LogP contribution in [0.15, 0.2) is 35.4 Å². The van der Waals surface area contributed by atoms with E-state index in [1.165, 1.54) is 11.8 Å². The van der Waals surface area contributed by atoms with Crippen LogP contribution in [0.25, 0.3) is 0 Å². The lowest BCUT2D eigenvalue weighted by Crippen LogP contribution is -2.08. The van der Waals surface area contributed by atoms with Gasteiger partial charge < -0.3 is 5.11 Å². The summed E-state index contributed by atoms with van der Waals surface area (Å²) in [6.07, 6.45) is 1.58. The summed E-state index contributed by atoms with van der Waals surface area (Å²) >= 11 is 7.47. The van der Waals surface area contributed by atoms with E-state index in [1.807, 2.05) is 38.1 Å². The lowest BCUT2D eigenvalue weighted by atomic mass is 10.2. The highest BCUT2D eigenvalue weighted by molar-refractivity contribution is 7.98. The highest BCUT2D eigenvalue weighted by Gasteiger charge is 2.16. The molecule has 0 spiro atoms. The summed E-state index contributed by atoms with van der Waals surface area (Å²) in [5, 5.41) is 9.96. The normalized spacial score (nSPS) is 10.9. The molecule has 0 radical (unpaired) electrons. The summed E-state index contributed by atoms with van der Waals surface area (Å²) in [5.74, 6) is 0.158. The number of nitrogens with zero attached hydrogens (tertiary/aromatic N) is 2. The van der Waals surface area contributed by atoms with Gasteiger partial charge in [-0.3, -0.25) is 0 Å². The van der Waals surface area contributed by atoms with Crippen molar-refractivity contribution < 1.29 is 9.90 Å². The highest BCUT2D eigenvalue weighted by atomic mass is 35.5. The lowest BCUT2D eigenvalue weighted by Gasteiger charge is -2.09. The number of carbonyl (C=O) groups is 1. The van der Waals surface area contributed by atoms with Gasteiger partial charge in [0.05, 0.1) is 4.90 Å². The van der Waals surface area contributed by atoms with E-state index in [4.69, 9.17) is 11.6 Å². The predicted octanol–water partition coefficient (Wildman–Crippen LogP) is 4.24. The van der Waals surface area contributed by atoms with Crippen LogP contribution in [-0.4, -0.2) is 21.0 Å². The molecule has 2 aromatic rings. The Morgan fingerprint density at radius 3 is 2.71 bits per heavy atom. The maximum atomic E-state index is 11.3. The molecule has 0 aliphatic rings. The minimum Gasteiger partial charge on any atom is -0.476 e. The van der Waals surface area contributed by atoms with E-state index in [0.29, 0.717) is 21.5 Å². The molecule has 1 N–H and O–H groups in total. The van der Waals surface area contributed by atoms with Gasteiger partial charge in [0.15, 0.2) is 5.69 Å². The van der Waals surface area contributed by atoms with Crippen LogP contribution >= 0.6 is 23.4 Å². The van der Waals surface area contributed by atoms with E-state index in [0.717, 1.165) is 5.56 Å². The zero-order valence-electron chi connectivity index (χ0n) is 11.7. The van der Waals surface area contributed by atoms with Crippen LogP contribution in [0.3, 0.4) is 0 Å². The molecule has 0 unspecified atom stereocenters. The Bertz CT molecular complexity index is 662. The van der Waals surface area contributed by atoms with E-state index in [-0.39, 0.29) is 11.6 Å². The van der Waals surface area contributed by atoms with Gasteiger partial charge in [-0.2, -0.15) is 0 Å². The Balaban J connectivity index is 2.24. The first-order valence-corrected chi connectivity index (χ1v) is 7.82. The third-order valence-corrected chi connectivity index (χ3v) is 4.27. The first kappa shape index (κ1) is 15.8. The van der Waals surface area contributed by atoms with Crippen molar-refractivity contribution in [3.63, 3.8) is 0 Å². The Morgan fingerprint density at radius 1 is 1.38 bits per heavy atom. The average molecular weight is 323 g/mol. The first-order valence-electron chi connectivity index (χ1n) is 6.45. The summed E-state index contributed by atoms with van der Waals surface area (Å²) in [6, 6.07) is 7.49. The molecular formula is C15H15ClN2O2S. The summed E-state index contributed by atoms with van der Waals surface area (Å²) in [4.78, 5) is 20.3. The fourth-order valence-electron chi connectivity index (χ4n) is 1.69. The minimum atomic E-state index is -1.04. The van der Waals surface area contributed by atoms with Crippen LogP contribution in [-0.2, 0) is 5.75 Å². The van der Waals surface area contributed by atoms with Crippen LogP contribution in [0.2, 0.25) is 5.02 Å². The first-order chi connectivity index (χ1) is 9.99. The molecular weight excluding hydrogens is 308 g/mol. The van der Waals surface area contributed by atoms with Gasteiger partial charge in [-0.1, -0.05) is 43.6 Å². The Kier molecular flexibility index (Phi) is 5.20. The lowest BCUT2D eigenvalue weighted by molar-refractivity contribution is 0.0685. The monoisotopic (exact) mass is 322 g/mol. The molecule has 0 amide bonds. The molecule has 0 bridgehead atoms. The van der Waals surface area contributed by atoms with Crippen molar-refractivity contribution in [3.05, 3.63) is 52.6 Å². The third kappa shape index (κ3) is 3.95. The van der Waals surface area contributed by atoms with Crippen LogP contribution in [0.1, 0.15) is 41.6 Å². The van der Waals surface area contributed by atoms with Gasteiger partial charge in [0, 0.05) is 22.9 Å². The van der Waals surface area contributed by atoms with Gasteiger partial charge in [-0.15, -0.1) is 11.8 Å². The molecule has 0 saturated carbocycles. The Labute approximate surface area is 132 Å². The summed E-state index contributed by atoms with van der Waals surface area (Å²) in [6.45, 7) is 3.86. The second kappa shape index (κ2) is 6.91. The van der Waals surface area contributed by atoms with Crippen LogP contribution < -0.4 is 0 Å². The Morgan fingerprint density at radius 2 is 2.10 bits per heavy atom. The average Bonchev–Trinajstić information content (AvgIpc) is 2.46. The molecule has 21 heavy (non-hydrogen) atoms. The zero-order valence-corrected chi connectivity index (χ0v) is 13.3. The maximum absolute atomic E-state index is 11.3. The molecule has 1 aromatic carbocycles. The van der Waals surface area contributed by atoms with Crippen molar-refractivity contribution in [1.82, 2.24) is 9.97 Å². The van der Waals surface area contributed by atoms with E-state index < -0.39 is 5.97 Å². The van der Waals surface area contributed by atoms with Crippen molar-refractivity contribution in [2.24, 2.45) is 0 Å². The maximum Gasteiger partial charge on any atom is 0.355 e. The van der Waals surface area contributed by atoms with E-state index in [2.05, 4.69) is 9.97 Å². The number of aromatic nitrogens is 2. The van der Waals surface area contributed by atoms with Crippen molar-refractivity contribution in [3.8, 4) is 0 Å². The number of carboxylic acid groups (broad SMARTS) is 1. The molecule has 2 rings (SSSR count). The van der Waals surface area contributed by atoms with Crippen LogP contribution in [0, 0.1) is 0 Å². The van der Waals surface area contributed by atoms with E-state index in [1.54, 1.807) is 6.20 Å². The molecule has 0 saturated heterocycles. The minimum absolute atomic E-state index is 0.0470. The standard InChI is InChI=1S/C15H15ClN2O2S/c1-9(2)14-17-7-12(13(18-14)15(19)20)21-8-10-5-3-4-6-11(10)16/h3-7,9H,8H2,1-2H3,(H,19,20). The fourth-order valence-corrected chi connectivity index (χ4v) is 2.93. The van der Waals surface area contributed by atoms with Crippen molar-refractivity contribution in [1.29, 1.82) is 0 Å². The van der Waals surface area contributed by atoms with E-state index in [9.17, 15) is 9.90 Å². The van der Waals surface area contributed by atoms with Gasteiger partial charge in [0.25, 0.3) is 0 Å². The largest absolute Gasteiger partial charge is 0.476 e. The zero-order chi connectivity index (χ0) is 15.4. The van der Waals surface area contributed by atoms with Gasteiger partial charge >= 0.3 is 5.97 Å². The number of benzene rings is 1. The van der Waals surface area contributed by atoms with Crippen molar-refractivity contribution in [2.45, 2.75) is 30.4 Å². The third-order valence-electron chi connectivity index (χ3n) is 2.83. The number of rotatable bonds is 5. The molecule has 1 heterocycles. The molecule has 1 aromatic heterocycles. The summed E-state index contributed by atoms with van der Waals surface area (Å²) < 4.78 is 0. The fraction of sp³-hybridized carbons (Fsp3) is 0.267. The second-order valence-corrected chi connectivity index (χ2v) is 6.21. The molecule has 0 atom stereocenters. The highest BCUT2D eigenvalue weighted by Crippen LogP contribution is 2.28. The van der Waals surface area contributed by atoms with Gasteiger partial charge in [0.2, 0.25) is 0 Å². The summed E-state index contributed by atoms with van der Waals surface area (Å²) in [7, 11) is 0. The van der Waals surface area contributed by atoms with Crippen LogP contribution in [0.5, 0.6) is 0 Å². The topological polar surface area (TPSA) is 63.1 Å². The Hall–Kier alpha value is -1.59. The molecule has 4 nitrogen and oxygen atoms in total. The molecule has 110 valence electrons. The molecule has 6 heteroatoms. The summed E-state index contributed by atoms with van der Waals surface area (Å²) in [5.41, 5.74) is 0.999. The van der Waals surface area contributed by atoms with Crippen molar-refractivity contribution in [2.75, 3.05) is 0 Å². The van der Waals surface area contributed by atoms with Crippen molar-refractivity contribution >= 4 is 29.3 Å². The number of hydrogen-bond donors (Lipinski definition) is 1. The van der Waals surface area contributed by atoms with Gasteiger partial charge in [-0.05, 0) is 11.6 Å². The molecule has 0 fully saturated rings. The molecule has 0 aliphatic carbocycles. The smallest absolute Gasteiger partial charge is 0.355 e. The number of halogens is 1. The number of aromatic carboxylic acids is 1.